The molecule has 14 heavy (non-hydrogen) atoms. The molecule has 1 aromatic heterocycles. The van der Waals surface area contributed by atoms with Gasteiger partial charge >= 0.3 is 0 Å². The minimum absolute atomic E-state index is 0.354. The highest BCUT2D eigenvalue weighted by Gasteiger charge is 2.43. The first-order valence-corrected chi connectivity index (χ1v) is 4.97. The molecule has 1 atom stereocenters. The van der Waals surface area contributed by atoms with Crippen molar-refractivity contribution >= 4 is 5.82 Å². The minimum Gasteiger partial charge on any atom is -0.385 e. The second-order valence-corrected chi connectivity index (χ2v) is 4.31. The summed E-state index contributed by atoms with van der Waals surface area (Å²) < 4.78 is 0. The fraction of sp³-hybridized carbons (Fsp3) is 0.545. The van der Waals surface area contributed by atoms with Gasteiger partial charge in [-0.25, -0.2) is 4.98 Å². The third kappa shape index (κ3) is 1.38. The molecular formula is C11H16N2O. The summed E-state index contributed by atoms with van der Waals surface area (Å²) in [6.07, 6.45) is 3.85. The topological polar surface area (TPSA) is 59.1 Å². The summed E-state index contributed by atoms with van der Waals surface area (Å²) in [5.41, 5.74) is 6.83. The molecule has 0 aromatic carbocycles. The van der Waals surface area contributed by atoms with Crippen LogP contribution < -0.4 is 5.73 Å². The van der Waals surface area contributed by atoms with Crippen molar-refractivity contribution in [2.24, 2.45) is 5.92 Å². The molecule has 1 fully saturated rings. The number of aliphatic hydroxyl groups is 1. The van der Waals surface area contributed by atoms with Crippen LogP contribution >= 0.6 is 0 Å². The standard InChI is InChI=1S/C11H16N2O/c1-7-5-6-13-10(12)9(7)11(2,14)8-3-4-8/h5-6,8,14H,3-4H2,1-2H3,(H2,12,13). The van der Waals surface area contributed by atoms with E-state index in [4.69, 9.17) is 5.73 Å². The Hall–Kier alpha value is -1.09. The van der Waals surface area contributed by atoms with Gasteiger partial charge in [0.05, 0.1) is 5.60 Å². The molecule has 1 unspecified atom stereocenters. The van der Waals surface area contributed by atoms with Crippen LogP contribution in [0.1, 0.15) is 30.9 Å². The van der Waals surface area contributed by atoms with Gasteiger partial charge in [0.15, 0.2) is 0 Å². The SMILES string of the molecule is Cc1ccnc(N)c1C(C)(O)C1CC1. The minimum atomic E-state index is -0.803. The quantitative estimate of drug-likeness (QED) is 0.748. The van der Waals surface area contributed by atoms with E-state index in [0.29, 0.717) is 11.7 Å². The lowest BCUT2D eigenvalue weighted by Crippen LogP contribution is -2.26. The number of rotatable bonds is 2. The Morgan fingerprint density at radius 2 is 2.21 bits per heavy atom. The van der Waals surface area contributed by atoms with Crippen molar-refractivity contribution in [3.05, 3.63) is 23.4 Å². The molecule has 76 valence electrons. The lowest BCUT2D eigenvalue weighted by atomic mass is 9.88. The van der Waals surface area contributed by atoms with E-state index in [1.54, 1.807) is 6.20 Å². The predicted octanol–water partition coefficient (Wildman–Crippen LogP) is 1.59. The Kier molecular flexibility index (Phi) is 2.00. The number of nitrogens with two attached hydrogens (primary N) is 1. The molecule has 1 aromatic rings. The number of hydrogen-bond acceptors (Lipinski definition) is 3. The van der Waals surface area contributed by atoms with E-state index >= 15 is 0 Å². The molecule has 3 nitrogen and oxygen atoms in total. The van der Waals surface area contributed by atoms with E-state index in [9.17, 15) is 5.11 Å². The van der Waals surface area contributed by atoms with Crippen molar-refractivity contribution in [1.82, 2.24) is 4.98 Å². The van der Waals surface area contributed by atoms with Crippen molar-refractivity contribution in [2.75, 3.05) is 5.73 Å². The van der Waals surface area contributed by atoms with Crippen LogP contribution in [0.4, 0.5) is 5.82 Å². The van der Waals surface area contributed by atoms with E-state index in [-0.39, 0.29) is 0 Å². The summed E-state index contributed by atoms with van der Waals surface area (Å²) in [7, 11) is 0. The average Bonchev–Trinajstić information content (AvgIpc) is 2.84. The molecular weight excluding hydrogens is 176 g/mol. The molecule has 0 radical (unpaired) electrons. The van der Waals surface area contributed by atoms with Crippen LogP contribution in [0.15, 0.2) is 12.3 Å². The Morgan fingerprint density at radius 3 is 2.71 bits per heavy atom. The van der Waals surface area contributed by atoms with Crippen LogP contribution in [0.2, 0.25) is 0 Å². The van der Waals surface area contributed by atoms with Gasteiger partial charge in [-0.3, -0.25) is 0 Å². The average molecular weight is 192 g/mol. The summed E-state index contributed by atoms with van der Waals surface area (Å²) in [6, 6.07) is 1.89. The number of anilines is 1. The predicted molar refractivity (Wildman–Crippen MR) is 55.7 cm³/mol. The fourth-order valence-electron chi connectivity index (χ4n) is 2.09. The van der Waals surface area contributed by atoms with Crippen LogP contribution in [0.3, 0.4) is 0 Å². The highest BCUT2D eigenvalue weighted by molar-refractivity contribution is 5.48. The van der Waals surface area contributed by atoms with Crippen molar-refractivity contribution in [3.8, 4) is 0 Å². The fourth-order valence-corrected chi connectivity index (χ4v) is 2.09. The maximum atomic E-state index is 10.4. The van der Waals surface area contributed by atoms with Crippen molar-refractivity contribution in [3.63, 3.8) is 0 Å². The van der Waals surface area contributed by atoms with Crippen LogP contribution in [-0.2, 0) is 5.60 Å². The summed E-state index contributed by atoms with van der Waals surface area (Å²) in [6.45, 7) is 3.80. The molecule has 0 saturated heterocycles. The molecule has 0 bridgehead atoms. The summed E-state index contributed by atoms with van der Waals surface area (Å²) in [5, 5.41) is 10.4. The van der Waals surface area contributed by atoms with E-state index in [2.05, 4.69) is 4.98 Å². The van der Waals surface area contributed by atoms with Gasteiger partial charge in [0.1, 0.15) is 5.82 Å². The largest absolute Gasteiger partial charge is 0.385 e. The zero-order chi connectivity index (χ0) is 10.3. The van der Waals surface area contributed by atoms with Crippen LogP contribution in [0.5, 0.6) is 0 Å². The molecule has 1 saturated carbocycles. The second kappa shape index (κ2) is 2.95. The van der Waals surface area contributed by atoms with Crippen LogP contribution in [0.25, 0.3) is 0 Å². The third-order valence-corrected chi connectivity index (χ3v) is 3.07. The van der Waals surface area contributed by atoms with E-state index < -0.39 is 5.60 Å². The van der Waals surface area contributed by atoms with Gasteiger partial charge in [0.2, 0.25) is 0 Å². The lowest BCUT2D eigenvalue weighted by Gasteiger charge is -2.26. The van der Waals surface area contributed by atoms with Crippen LogP contribution in [0, 0.1) is 12.8 Å². The Labute approximate surface area is 84.0 Å². The molecule has 0 spiro atoms. The zero-order valence-electron chi connectivity index (χ0n) is 8.62. The van der Waals surface area contributed by atoms with Crippen molar-refractivity contribution in [2.45, 2.75) is 32.3 Å². The van der Waals surface area contributed by atoms with E-state index in [1.807, 2.05) is 19.9 Å². The number of nitrogens with zero attached hydrogens (tertiary/aromatic N) is 1. The van der Waals surface area contributed by atoms with E-state index in [0.717, 1.165) is 24.0 Å². The molecule has 3 N–H and O–H groups in total. The first-order valence-electron chi connectivity index (χ1n) is 4.97. The number of hydrogen-bond donors (Lipinski definition) is 2. The monoisotopic (exact) mass is 192 g/mol. The molecule has 3 heteroatoms. The number of pyridine rings is 1. The van der Waals surface area contributed by atoms with E-state index in [1.165, 1.54) is 0 Å². The first kappa shape index (κ1) is 9.46. The molecule has 0 aliphatic heterocycles. The van der Waals surface area contributed by atoms with Gasteiger partial charge in [-0.2, -0.15) is 0 Å². The summed E-state index contributed by atoms with van der Waals surface area (Å²) in [4.78, 5) is 4.03. The van der Waals surface area contributed by atoms with Gasteiger partial charge < -0.3 is 10.8 Å². The summed E-state index contributed by atoms with van der Waals surface area (Å²) >= 11 is 0. The maximum absolute atomic E-state index is 10.4. The van der Waals surface area contributed by atoms with Gasteiger partial charge in [0, 0.05) is 11.8 Å². The smallest absolute Gasteiger partial charge is 0.129 e. The maximum Gasteiger partial charge on any atom is 0.129 e. The first-order chi connectivity index (χ1) is 6.53. The molecule has 2 rings (SSSR count). The third-order valence-electron chi connectivity index (χ3n) is 3.07. The number of aromatic nitrogens is 1. The molecule has 0 amide bonds. The Balaban J connectivity index is 2.48. The van der Waals surface area contributed by atoms with Crippen LogP contribution in [-0.4, -0.2) is 10.1 Å². The van der Waals surface area contributed by atoms with Gasteiger partial charge in [0.25, 0.3) is 0 Å². The lowest BCUT2D eigenvalue weighted by molar-refractivity contribution is 0.0330. The van der Waals surface area contributed by atoms with Crippen molar-refractivity contribution in [1.29, 1.82) is 0 Å². The Morgan fingerprint density at radius 1 is 1.57 bits per heavy atom. The normalized spacial score (nSPS) is 20.5. The number of nitrogen functional groups attached to an aromatic ring is 1. The molecule has 1 aliphatic carbocycles. The molecule has 1 heterocycles. The second-order valence-electron chi connectivity index (χ2n) is 4.31. The summed E-state index contributed by atoms with van der Waals surface area (Å²) in [5.74, 6) is 0.814. The number of aryl methyl sites for hydroxylation is 1. The van der Waals surface area contributed by atoms with Gasteiger partial charge in [-0.1, -0.05) is 0 Å². The van der Waals surface area contributed by atoms with Gasteiger partial charge in [-0.15, -0.1) is 0 Å². The highest BCUT2D eigenvalue weighted by Crippen LogP contribution is 2.47. The van der Waals surface area contributed by atoms with Gasteiger partial charge in [-0.05, 0) is 44.2 Å². The highest BCUT2D eigenvalue weighted by atomic mass is 16.3. The van der Waals surface area contributed by atoms with Crippen molar-refractivity contribution < 1.29 is 5.11 Å². The zero-order valence-corrected chi connectivity index (χ0v) is 8.62. The molecule has 1 aliphatic rings. The Bertz CT molecular complexity index is 336.